The molecule has 3 N–H and O–H groups in total. The molecule has 0 spiro atoms. The van der Waals surface area contributed by atoms with Gasteiger partial charge in [0.1, 0.15) is 0 Å². The Morgan fingerprint density at radius 1 is 1.43 bits per heavy atom. The molecule has 0 aromatic rings. The molecule has 0 aromatic heterocycles. The second-order valence-electron chi connectivity index (χ2n) is 0.428. The van der Waals surface area contributed by atoms with Gasteiger partial charge in [-0.3, -0.25) is 4.55 Å². The predicted molar refractivity (Wildman–Crippen MR) is 15.9 cm³/mol. The minimum atomic E-state index is -4.92. The molecule has 0 fully saturated rings. The van der Waals surface area contributed by atoms with E-state index in [-0.39, 0.29) is 56.9 Å². The van der Waals surface area contributed by atoms with Gasteiger partial charge in [0.05, 0.1) is 0 Å². The van der Waals surface area contributed by atoms with Crippen molar-refractivity contribution in [1.82, 2.24) is 0 Å². The van der Waals surface area contributed by atoms with Gasteiger partial charge in [-0.05, 0) is 0 Å². The second kappa shape index (κ2) is 5.60. The zero-order valence-electron chi connectivity index (χ0n) is 3.58. The van der Waals surface area contributed by atoms with E-state index in [0.717, 1.165) is 0 Å². The molecule has 0 radical (unpaired) electrons. The SMILES string of the molecule is O.O=S(=O)([O-])O.[K+]. The summed E-state index contributed by atoms with van der Waals surface area (Å²) < 4.78 is 32.8. The Balaban J connectivity index is -0.0000000800. The number of hydrogen-bond donors (Lipinski definition) is 1. The van der Waals surface area contributed by atoms with Crippen molar-refractivity contribution in [1.29, 1.82) is 0 Å². The molecule has 0 aromatic carbocycles. The molecule has 0 saturated carbocycles. The van der Waals surface area contributed by atoms with Gasteiger partial charge in [0.25, 0.3) is 0 Å². The van der Waals surface area contributed by atoms with Crippen molar-refractivity contribution < 1.29 is 74.4 Å². The fourth-order valence-electron chi connectivity index (χ4n) is 0. The van der Waals surface area contributed by atoms with Gasteiger partial charge >= 0.3 is 51.4 Å². The minimum absolute atomic E-state index is 0. The molecule has 0 rings (SSSR count). The van der Waals surface area contributed by atoms with Crippen LogP contribution in [-0.4, -0.2) is 23.0 Å². The largest absolute Gasteiger partial charge is 1.00 e. The Morgan fingerprint density at radius 3 is 1.43 bits per heavy atom. The van der Waals surface area contributed by atoms with E-state index in [4.69, 9.17) is 17.5 Å². The average Bonchev–Trinajstić information content (AvgIpc) is 0.722. The van der Waals surface area contributed by atoms with Gasteiger partial charge in [-0.2, -0.15) is 0 Å². The molecular formula is H3KO5S. The second-order valence-corrected chi connectivity index (χ2v) is 1.28. The molecule has 0 aliphatic carbocycles. The van der Waals surface area contributed by atoms with Crippen LogP contribution >= 0.6 is 0 Å². The molecule has 0 aliphatic rings. The van der Waals surface area contributed by atoms with Crippen LogP contribution in [-0.2, 0) is 10.4 Å². The summed E-state index contributed by atoms with van der Waals surface area (Å²) in [5.74, 6) is 0. The van der Waals surface area contributed by atoms with E-state index in [1.165, 1.54) is 0 Å². The molecule has 7 heavy (non-hydrogen) atoms. The van der Waals surface area contributed by atoms with Gasteiger partial charge < -0.3 is 10.0 Å². The molecule has 40 valence electrons. The first-order chi connectivity index (χ1) is 2.00. The molecule has 0 aliphatic heterocycles. The van der Waals surface area contributed by atoms with E-state index in [2.05, 4.69) is 0 Å². The molecule has 5 nitrogen and oxygen atoms in total. The Kier molecular flexibility index (Phi) is 12.6. The topological polar surface area (TPSA) is 109 Å². The van der Waals surface area contributed by atoms with E-state index in [9.17, 15) is 0 Å². The van der Waals surface area contributed by atoms with Crippen LogP contribution < -0.4 is 51.4 Å². The van der Waals surface area contributed by atoms with Crippen LogP contribution in [0, 0.1) is 0 Å². The number of hydrogen-bond acceptors (Lipinski definition) is 3. The third kappa shape index (κ3) is 104. The normalized spacial score (nSPS) is 8.29. The first kappa shape index (κ1) is 15.8. The summed E-state index contributed by atoms with van der Waals surface area (Å²) >= 11 is 0. The van der Waals surface area contributed by atoms with Gasteiger partial charge in [-0.25, -0.2) is 8.42 Å². The number of rotatable bonds is 0. The van der Waals surface area contributed by atoms with E-state index in [1.54, 1.807) is 0 Å². The summed E-state index contributed by atoms with van der Waals surface area (Å²) in [6, 6.07) is 0. The monoisotopic (exact) mass is 154 g/mol. The van der Waals surface area contributed by atoms with Gasteiger partial charge in [-0.15, -0.1) is 0 Å². The quantitative estimate of drug-likeness (QED) is 0.214. The Hall–Kier alpha value is 1.47. The van der Waals surface area contributed by atoms with Crippen molar-refractivity contribution in [2.24, 2.45) is 0 Å². The van der Waals surface area contributed by atoms with Crippen molar-refractivity contribution >= 4 is 10.4 Å². The van der Waals surface area contributed by atoms with Crippen molar-refractivity contribution in [2.45, 2.75) is 0 Å². The van der Waals surface area contributed by atoms with Gasteiger partial charge in [0.2, 0.25) is 10.4 Å². The average molecular weight is 154 g/mol. The first-order valence-electron chi connectivity index (χ1n) is 0.683. The first-order valence-corrected chi connectivity index (χ1v) is 2.05. The molecule has 0 amide bonds. The summed E-state index contributed by atoms with van der Waals surface area (Å²) in [5, 5.41) is 0. The van der Waals surface area contributed by atoms with Crippen molar-refractivity contribution in [3.8, 4) is 0 Å². The van der Waals surface area contributed by atoms with E-state index >= 15 is 0 Å². The van der Waals surface area contributed by atoms with Crippen LogP contribution in [0.4, 0.5) is 0 Å². The molecule has 0 bridgehead atoms. The molecule has 0 heterocycles. The van der Waals surface area contributed by atoms with E-state index in [1.807, 2.05) is 0 Å². The molecule has 7 heteroatoms. The predicted octanol–water partition coefficient (Wildman–Crippen LogP) is -4.82. The van der Waals surface area contributed by atoms with E-state index < -0.39 is 10.4 Å². The Bertz CT molecular complexity index is 91.2. The maximum absolute atomic E-state index is 8.63. The van der Waals surface area contributed by atoms with Crippen LogP contribution in [0.3, 0.4) is 0 Å². The Labute approximate surface area is 83.4 Å². The Morgan fingerprint density at radius 2 is 1.43 bits per heavy atom. The van der Waals surface area contributed by atoms with Crippen molar-refractivity contribution in [3.05, 3.63) is 0 Å². The van der Waals surface area contributed by atoms with Crippen LogP contribution in [0.1, 0.15) is 0 Å². The third-order valence-corrected chi connectivity index (χ3v) is 0. The van der Waals surface area contributed by atoms with Crippen LogP contribution in [0.25, 0.3) is 0 Å². The van der Waals surface area contributed by atoms with Crippen LogP contribution in [0.5, 0.6) is 0 Å². The van der Waals surface area contributed by atoms with Crippen LogP contribution in [0.2, 0.25) is 0 Å². The summed E-state index contributed by atoms with van der Waals surface area (Å²) in [5.41, 5.74) is 0. The van der Waals surface area contributed by atoms with Gasteiger partial charge in [0.15, 0.2) is 0 Å². The summed E-state index contributed by atoms with van der Waals surface area (Å²) in [7, 11) is -4.92. The molecule has 0 unspecified atom stereocenters. The standard InChI is InChI=1S/K.H2O4S.H2O/c;1-5(2,3)4;/h;(H2,1,2,3,4);1H2/q+1;;/p-1. The molecular weight excluding hydrogens is 151 g/mol. The maximum Gasteiger partial charge on any atom is 1.00 e. The summed E-state index contributed by atoms with van der Waals surface area (Å²) in [4.78, 5) is 0. The fraction of sp³-hybridized carbons (Fsp3) is 0. The smallest absolute Gasteiger partial charge is 0.726 e. The fourth-order valence-corrected chi connectivity index (χ4v) is 0. The zero-order valence-corrected chi connectivity index (χ0v) is 7.52. The van der Waals surface area contributed by atoms with E-state index in [0.29, 0.717) is 0 Å². The zero-order chi connectivity index (χ0) is 4.50. The summed E-state index contributed by atoms with van der Waals surface area (Å²) in [6.45, 7) is 0. The maximum atomic E-state index is 8.63. The summed E-state index contributed by atoms with van der Waals surface area (Å²) in [6.07, 6.45) is 0. The van der Waals surface area contributed by atoms with Crippen LogP contribution in [0.15, 0.2) is 0 Å². The molecule has 0 atom stereocenters. The van der Waals surface area contributed by atoms with Crippen molar-refractivity contribution in [3.63, 3.8) is 0 Å². The van der Waals surface area contributed by atoms with Gasteiger partial charge in [0, 0.05) is 0 Å². The van der Waals surface area contributed by atoms with Gasteiger partial charge in [-0.1, -0.05) is 0 Å². The third-order valence-electron chi connectivity index (χ3n) is 0. The minimum Gasteiger partial charge on any atom is -0.726 e. The van der Waals surface area contributed by atoms with Crippen molar-refractivity contribution in [2.75, 3.05) is 0 Å². The molecule has 0 saturated heterocycles.